The molecule has 0 aromatic heterocycles. The van der Waals surface area contributed by atoms with Crippen LogP contribution >= 0.6 is 15.9 Å². The van der Waals surface area contributed by atoms with Crippen LogP contribution in [-0.2, 0) is 11.0 Å². The predicted octanol–water partition coefficient (Wildman–Crippen LogP) is 5.03. The van der Waals surface area contributed by atoms with Crippen LogP contribution < -0.4 is 14.8 Å². The van der Waals surface area contributed by atoms with E-state index in [-0.39, 0.29) is 11.3 Å². The highest BCUT2D eigenvalue weighted by Crippen LogP contribution is 2.37. The van der Waals surface area contributed by atoms with Crippen LogP contribution in [0.5, 0.6) is 11.5 Å². The maximum atomic E-state index is 12.8. The molecule has 0 aliphatic heterocycles. The first-order valence-electron chi connectivity index (χ1n) is 7.71. The van der Waals surface area contributed by atoms with Crippen LogP contribution in [0.3, 0.4) is 0 Å². The van der Waals surface area contributed by atoms with E-state index in [2.05, 4.69) is 21.2 Å². The number of ether oxygens (including phenoxy) is 2. The van der Waals surface area contributed by atoms with Crippen molar-refractivity contribution in [1.29, 1.82) is 5.26 Å². The van der Waals surface area contributed by atoms with Gasteiger partial charge in [-0.05, 0) is 57.9 Å². The third kappa shape index (κ3) is 5.04. The molecule has 0 atom stereocenters. The summed E-state index contributed by atoms with van der Waals surface area (Å²) in [5.41, 5.74) is -0.817. The molecule has 5 nitrogen and oxygen atoms in total. The zero-order valence-electron chi connectivity index (χ0n) is 14.7. The molecule has 0 bridgehead atoms. The summed E-state index contributed by atoms with van der Waals surface area (Å²) in [6.07, 6.45) is -3.25. The summed E-state index contributed by atoms with van der Waals surface area (Å²) in [6, 6.07) is 9.05. The van der Waals surface area contributed by atoms with Crippen LogP contribution in [0.2, 0.25) is 0 Å². The van der Waals surface area contributed by atoms with Crippen LogP contribution in [-0.4, -0.2) is 20.1 Å². The molecule has 9 heteroatoms. The number of amides is 1. The van der Waals surface area contributed by atoms with Crippen molar-refractivity contribution in [3.63, 3.8) is 0 Å². The van der Waals surface area contributed by atoms with Gasteiger partial charge in [0.05, 0.1) is 24.3 Å². The van der Waals surface area contributed by atoms with Gasteiger partial charge < -0.3 is 14.8 Å². The van der Waals surface area contributed by atoms with E-state index in [0.29, 0.717) is 21.5 Å². The quantitative estimate of drug-likeness (QED) is 0.507. The number of nitrogens with zero attached hydrogens (tertiary/aromatic N) is 1. The molecule has 2 aromatic carbocycles. The number of halogens is 4. The van der Waals surface area contributed by atoms with Crippen molar-refractivity contribution in [3.8, 4) is 17.6 Å². The number of hydrogen-bond donors (Lipinski definition) is 1. The molecular formula is C19H14BrF3N2O3. The molecule has 1 N–H and O–H groups in total. The number of rotatable bonds is 5. The lowest BCUT2D eigenvalue weighted by Gasteiger charge is -2.11. The van der Waals surface area contributed by atoms with Gasteiger partial charge in [-0.2, -0.15) is 18.4 Å². The van der Waals surface area contributed by atoms with Crippen LogP contribution in [0.1, 0.15) is 11.1 Å². The lowest BCUT2D eigenvalue weighted by molar-refractivity contribution is -0.137. The van der Waals surface area contributed by atoms with Gasteiger partial charge in [0.2, 0.25) is 0 Å². The SMILES string of the molecule is COc1cc(/C=C(\C#N)C(=O)Nc2cccc(C(F)(F)F)c2)cc(Br)c1OC. The van der Waals surface area contributed by atoms with Gasteiger partial charge in [0.15, 0.2) is 11.5 Å². The molecule has 0 fully saturated rings. The van der Waals surface area contributed by atoms with E-state index in [9.17, 15) is 23.2 Å². The van der Waals surface area contributed by atoms with Crippen LogP contribution in [0.4, 0.5) is 18.9 Å². The normalized spacial score (nSPS) is 11.5. The monoisotopic (exact) mass is 454 g/mol. The molecule has 0 saturated heterocycles. The molecule has 2 rings (SSSR count). The number of carbonyl (C=O) groups excluding carboxylic acids is 1. The second-order valence-corrected chi connectivity index (χ2v) is 6.30. The maximum absolute atomic E-state index is 12.8. The molecule has 0 spiro atoms. The van der Waals surface area contributed by atoms with Gasteiger partial charge in [-0.15, -0.1) is 0 Å². The zero-order chi connectivity index (χ0) is 20.9. The van der Waals surface area contributed by atoms with E-state index in [1.165, 1.54) is 32.4 Å². The Labute approximate surface area is 167 Å². The van der Waals surface area contributed by atoms with E-state index in [4.69, 9.17) is 9.47 Å². The Kier molecular flexibility index (Phi) is 6.70. The summed E-state index contributed by atoms with van der Waals surface area (Å²) in [5.74, 6) is -0.0296. The van der Waals surface area contributed by atoms with Gasteiger partial charge >= 0.3 is 6.18 Å². The predicted molar refractivity (Wildman–Crippen MR) is 101 cm³/mol. The molecule has 0 heterocycles. The van der Waals surface area contributed by atoms with Crippen molar-refractivity contribution in [2.75, 3.05) is 19.5 Å². The lowest BCUT2D eigenvalue weighted by Crippen LogP contribution is -2.14. The first-order valence-corrected chi connectivity index (χ1v) is 8.50. The van der Waals surface area contributed by atoms with E-state index >= 15 is 0 Å². The van der Waals surface area contributed by atoms with Crippen LogP contribution in [0, 0.1) is 11.3 Å². The second kappa shape index (κ2) is 8.80. The van der Waals surface area contributed by atoms with Gasteiger partial charge in [-0.3, -0.25) is 4.79 Å². The Morgan fingerprint density at radius 2 is 1.93 bits per heavy atom. The molecule has 28 heavy (non-hydrogen) atoms. The van der Waals surface area contributed by atoms with Crippen LogP contribution in [0.25, 0.3) is 6.08 Å². The minimum absolute atomic E-state index is 0.0746. The summed E-state index contributed by atoms with van der Waals surface area (Å²) in [4.78, 5) is 12.3. The zero-order valence-corrected chi connectivity index (χ0v) is 16.3. The van der Waals surface area contributed by atoms with E-state index in [1.807, 2.05) is 0 Å². The smallest absolute Gasteiger partial charge is 0.416 e. The number of alkyl halides is 3. The highest BCUT2D eigenvalue weighted by molar-refractivity contribution is 9.10. The molecule has 0 unspecified atom stereocenters. The average molecular weight is 455 g/mol. The Bertz CT molecular complexity index is 966. The largest absolute Gasteiger partial charge is 0.493 e. The summed E-state index contributed by atoms with van der Waals surface area (Å²) < 4.78 is 49.3. The molecule has 146 valence electrons. The molecule has 0 saturated carbocycles. The van der Waals surface area contributed by atoms with Crippen molar-refractivity contribution in [2.24, 2.45) is 0 Å². The summed E-state index contributed by atoms with van der Waals surface area (Å²) in [5, 5.41) is 11.6. The van der Waals surface area contributed by atoms with Gasteiger partial charge in [-0.25, -0.2) is 0 Å². The molecular weight excluding hydrogens is 441 g/mol. The van der Waals surface area contributed by atoms with E-state index in [0.717, 1.165) is 12.1 Å². The Balaban J connectivity index is 2.32. The van der Waals surface area contributed by atoms with Crippen molar-refractivity contribution >= 4 is 33.6 Å². The molecule has 1 amide bonds. The maximum Gasteiger partial charge on any atom is 0.416 e. The van der Waals surface area contributed by atoms with Crippen molar-refractivity contribution in [3.05, 3.63) is 57.6 Å². The molecule has 0 aliphatic rings. The average Bonchev–Trinajstić information content (AvgIpc) is 2.65. The Hall–Kier alpha value is -2.99. The van der Waals surface area contributed by atoms with Gasteiger partial charge in [0, 0.05) is 5.69 Å². The topological polar surface area (TPSA) is 71.3 Å². The minimum Gasteiger partial charge on any atom is -0.493 e. The second-order valence-electron chi connectivity index (χ2n) is 5.44. The van der Waals surface area contributed by atoms with Crippen molar-refractivity contribution < 1.29 is 27.4 Å². The summed E-state index contributed by atoms with van der Waals surface area (Å²) in [7, 11) is 2.89. The minimum atomic E-state index is -4.54. The number of nitrogens with one attached hydrogen (secondary N) is 1. The molecule has 0 radical (unpaired) electrons. The van der Waals surface area contributed by atoms with Gasteiger partial charge in [0.25, 0.3) is 5.91 Å². The molecule has 2 aromatic rings. The fourth-order valence-corrected chi connectivity index (χ4v) is 2.93. The number of hydrogen-bond acceptors (Lipinski definition) is 4. The van der Waals surface area contributed by atoms with Gasteiger partial charge in [0.1, 0.15) is 11.6 Å². The molecule has 0 aliphatic carbocycles. The summed E-state index contributed by atoms with van der Waals surface area (Å²) in [6.45, 7) is 0. The van der Waals surface area contributed by atoms with Crippen molar-refractivity contribution in [1.82, 2.24) is 0 Å². The fraction of sp³-hybridized carbons (Fsp3) is 0.158. The Morgan fingerprint density at radius 1 is 1.21 bits per heavy atom. The Morgan fingerprint density at radius 3 is 2.50 bits per heavy atom. The number of anilines is 1. The first kappa shape index (κ1) is 21.3. The lowest BCUT2D eigenvalue weighted by atomic mass is 10.1. The number of methoxy groups -OCH3 is 2. The summed E-state index contributed by atoms with van der Waals surface area (Å²) >= 11 is 3.30. The van der Waals surface area contributed by atoms with Crippen molar-refractivity contribution in [2.45, 2.75) is 6.18 Å². The first-order chi connectivity index (χ1) is 13.2. The van der Waals surface area contributed by atoms with E-state index < -0.39 is 17.6 Å². The van der Waals surface area contributed by atoms with E-state index in [1.54, 1.807) is 18.2 Å². The number of nitriles is 1. The van der Waals surface area contributed by atoms with Crippen LogP contribution in [0.15, 0.2) is 46.4 Å². The van der Waals surface area contributed by atoms with Gasteiger partial charge in [-0.1, -0.05) is 6.07 Å². The number of benzene rings is 2. The highest BCUT2D eigenvalue weighted by atomic mass is 79.9. The standard InChI is InChI=1S/C19H14BrF3N2O3/c1-27-16-8-11(7-15(20)17(16)28-2)6-12(10-24)18(26)25-14-5-3-4-13(9-14)19(21,22)23/h3-9H,1-2H3,(H,25,26)/b12-6+. The highest BCUT2D eigenvalue weighted by Gasteiger charge is 2.30. The third-order valence-electron chi connectivity index (χ3n) is 3.58. The number of carbonyl (C=O) groups is 1. The third-order valence-corrected chi connectivity index (χ3v) is 4.17. The fourth-order valence-electron chi connectivity index (χ4n) is 2.31.